The summed E-state index contributed by atoms with van der Waals surface area (Å²) in [5.41, 5.74) is 3.25. The van der Waals surface area contributed by atoms with E-state index in [4.69, 9.17) is 0 Å². The van der Waals surface area contributed by atoms with Crippen LogP contribution in [0, 0.1) is 0 Å². The number of para-hydroxylation sites is 1. The van der Waals surface area contributed by atoms with E-state index in [1.54, 1.807) is 16.7 Å². The summed E-state index contributed by atoms with van der Waals surface area (Å²) in [4.78, 5) is 8.55. The van der Waals surface area contributed by atoms with Crippen molar-refractivity contribution < 1.29 is 5.11 Å². The molecule has 4 rings (SSSR count). The molecule has 25 heavy (non-hydrogen) atoms. The van der Waals surface area contributed by atoms with Crippen LogP contribution in [0.5, 0.6) is 5.88 Å². The maximum atomic E-state index is 9.26. The third-order valence-corrected chi connectivity index (χ3v) is 5.42. The van der Waals surface area contributed by atoms with Crippen LogP contribution in [0.15, 0.2) is 53.9 Å². The number of aromatic nitrogens is 2. The summed E-state index contributed by atoms with van der Waals surface area (Å²) in [7, 11) is 0. The summed E-state index contributed by atoms with van der Waals surface area (Å²) in [6.45, 7) is 0.840. The van der Waals surface area contributed by atoms with Crippen molar-refractivity contribution in [2.75, 3.05) is 17.2 Å². The lowest BCUT2D eigenvalue weighted by atomic mass is 10.1. The molecule has 0 atom stereocenters. The van der Waals surface area contributed by atoms with E-state index in [0.29, 0.717) is 5.13 Å². The Kier molecular flexibility index (Phi) is 4.49. The topological polar surface area (TPSA) is 70.1 Å². The molecule has 0 saturated carbocycles. The minimum atomic E-state index is 0.0463. The lowest BCUT2D eigenvalue weighted by Crippen LogP contribution is -2.04. The molecule has 7 heteroatoms. The fourth-order valence-corrected chi connectivity index (χ4v) is 3.95. The van der Waals surface area contributed by atoms with Crippen LogP contribution in [0.4, 0.5) is 16.0 Å². The smallest absolute Gasteiger partial charge is 0.223 e. The lowest BCUT2D eigenvalue weighted by molar-refractivity contribution is 0.458. The van der Waals surface area contributed by atoms with Gasteiger partial charge in [-0.3, -0.25) is 0 Å². The van der Waals surface area contributed by atoms with Gasteiger partial charge in [-0.2, -0.15) is 4.98 Å². The van der Waals surface area contributed by atoms with Crippen LogP contribution >= 0.6 is 22.7 Å². The van der Waals surface area contributed by atoms with Crippen molar-refractivity contribution in [1.82, 2.24) is 9.97 Å². The van der Waals surface area contributed by atoms with Gasteiger partial charge in [0, 0.05) is 12.2 Å². The SMILES string of the molecule is Oc1csc(Nc2ccc(CCNc3nc4ccccc4s3)cc2)n1. The molecule has 0 aliphatic rings. The second kappa shape index (κ2) is 7.08. The first-order valence-corrected chi connectivity index (χ1v) is 9.56. The summed E-state index contributed by atoms with van der Waals surface area (Å²) in [6.07, 6.45) is 0.925. The van der Waals surface area contributed by atoms with Gasteiger partial charge in [0.1, 0.15) is 0 Å². The molecule has 0 radical (unpaired) electrons. The first-order valence-electron chi connectivity index (χ1n) is 7.86. The number of fused-ring (bicyclic) bond motifs is 1. The molecule has 0 aliphatic carbocycles. The number of nitrogens with zero attached hydrogens (tertiary/aromatic N) is 2. The highest BCUT2D eigenvalue weighted by molar-refractivity contribution is 7.22. The highest BCUT2D eigenvalue weighted by Crippen LogP contribution is 2.26. The molecule has 2 aromatic heterocycles. The third kappa shape index (κ3) is 3.89. The molecule has 4 aromatic rings. The minimum absolute atomic E-state index is 0.0463. The molecular weight excluding hydrogens is 352 g/mol. The predicted octanol–water partition coefficient (Wildman–Crippen LogP) is 4.86. The largest absolute Gasteiger partial charge is 0.493 e. The quantitative estimate of drug-likeness (QED) is 0.453. The fraction of sp³-hybridized carbons (Fsp3) is 0.111. The normalized spacial score (nSPS) is 10.9. The van der Waals surface area contributed by atoms with E-state index in [-0.39, 0.29) is 5.88 Å². The van der Waals surface area contributed by atoms with Gasteiger partial charge in [0.15, 0.2) is 10.3 Å². The average Bonchev–Trinajstić information content (AvgIpc) is 3.22. The van der Waals surface area contributed by atoms with Gasteiger partial charge in [0.2, 0.25) is 5.88 Å². The maximum Gasteiger partial charge on any atom is 0.223 e. The van der Waals surface area contributed by atoms with Crippen LogP contribution in [0.25, 0.3) is 10.2 Å². The first-order chi connectivity index (χ1) is 12.3. The number of hydrogen-bond donors (Lipinski definition) is 3. The summed E-state index contributed by atoms with van der Waals surface area (Å²) in [6, 6.07) is 16.4. The van der Waals surface area contributed by atoms with Crippen molar-refractivity contribution in [3.8, 4) is 5.88 Å². The molecular formula is C18H16N4OS2. The Balaban J connectivity index is 1.32. The van der Waals surface area contributed by atoms with Crippen LogP contribution < -0.4 is 10.6 Å². The van der Waals surface area contributed by atoms with Crippen molar-refractivity contribution in [3.05, 3.63) is 59.5 Å². The number of rotatable bonds is 6. The number of aromatic hydroxyl groups is 1. The molecule has 0 spiro atoms. The second-order valence-electron chi connectivity index (χ2n) is 5.50. The van der Waals surface area contributed by atoms with Gasteiger partial charge < -0.3 is 15.7 Å². The van der Waals surface area contributed by atoms with E-state index in [0.717, 1.165) is 29.3 Å². The second-order valence-corrected chi connectivity index (χ2v) is 7.39. The van der Waals surface area contributed by atoms with Crippen molar-refractivity contribution in [3.63, 3.8) is 0 Å². The highest BCUT2D eigenvalue weighted by Gasteiger charge is 2.03. The Morgan fingerprint density at radius 2 is 1.80 bits per heavy atom. The molecule has 0 bridgehead atoms. The molecule has 0 fully saturated rings. The molecule has 0 saturated heterocycles. The zero-order chi connectivity index (χ0) is 17.1. The van der Waals surface area contributed by atoms with E-state index >= 15 is 0 Å². The number of benzene rings is 2. The Hall–Kier alpha value is -2.64. The van der Waals surface area contributed by atoms with Crippen molar-refractivity contribution in [2.45, 2.75) is 6.42 Å². The van der Waals surface area contributed by atoms with Gasteiger partial charge in [-0.05, 0) is 36.2 Å². The molecule has 5 nitrogen and oxygen atoms in total. The van der Waals surface area contributed by atoms with E-state index < -0.39 is 0 Å². The van der Waals surface area contributed by atoms with Gasteiger partial charge in [-0.15, -0.1) is 11.3 Å². The lowest BCUT2D eigenvalue weighted by Gasteiger charge is -2.06. The first kappa shape index (κ1) is 15.9. The third-order valence-electron chi connectivity index (χ3n) is 3.68. The molecule has 126 valence electrons. The molecule has 0 aliphatic heterocycles. The van der Waals surface area contributed by atoms with Crippen LogP contribution in [-0.2, 0) is 6.42 Å². The van der Waals surface area contributed by atoms with E-state index in [1.807, 2.05) is 30.3 Å². The number of anilines is 3. The highest BCUT2D eigenvalue weighted by atomic mass is 32.1. The molecule has 3 N–H and O–H groups in total. The number of hydrogen-bond acceptors (Lipinski definition) is 7. The Labute approximate surface area is 153 Å². The maximum absolute atomic E-state index is 9.26. The molecule has 0 amide bonds. The van der Waals surface area contributed by atoms with Gasteiger partial charge in [-0.25, -0.2) is 4.98 Å². The minimum Gasteiger partial charge on any atom is -0.493 e. The standard InChI is InChI=1S/C18H16N4OS2/c23-16-11-24-18(22-16)20-13-7-5-12(6-8-13)9-10-19-17-21-14-3-1-2-4-15(14)25-17/h1-8,11,23H,9-10H2,(H,19,21)(H,20,22). The Morgan fingerprint density at radius 3 is 2.56 bits per heavy atom. The van der Waals surface area contributed by atoms with Gasteiger partial charge >= 0.3 is 0 Å². The predicted molar refractivity (Wildman–Crippen MR) is 105 cm³/mol. The number of thiazole rings is 2. The van der Waals surface area contributed by atoms with E-state index in [9.17, 15) is 5.11 Å². The zero-order valence-corrected chi connectivity index (χ0v) is 14.9. The van der Waals surface area contributed by atoms with E-state index in [2.05, 4.69) is 38.8 Å². The van der Waals surface area contributed by atoms with Crippen LogP contribution in [0.2, 0.25) is 0 Å². The van der Waals surface area contributed by atoms with Crippen LogP contribution in [-0.4, -0.2) is 21.6 Å². The van der Waals surface area contributed by atoms with E-state index in [1.165, 1.54) is 21.6 Å². The van der Waals surface area contributed by atoms with Crippen molar-refractivity contribution >= 4 is 48.8 Å². The average molecular weight is 368 g/mol. The van der Waals surface area contributed by atoms with Gasteiger partial charge in [0.25, 0.3) is 0 Å². The van der Waals surface area contributed by atoms with Crippen molar-refractivity contribution in [1.29, 1.82) is 0 Å². The fourth-order valence-electron chi connectivity index (χ4n) is 2.46. The van der Waals surface area contributed by atoms with Gasteiger partial charge in [0.05, 0.1) is 15.6 Å². The monoisotopic (exact) mass is 368 g/mol. The molecule has 2 aromatic carbocycles. The molecule has 2 heterocycles. The summed E-state index contributed by atoms with van der Waals surface area (Å²) in [5.74, 6) is 0.0463. The summed E-state index contributed by atoms with van der Waals surface area (Å²) >= 11 is 3.05. The van der Waals surface area contributed by atoms with Crippen LogP contribution in [0.3, 0.4) is 0 Å². The zero-order valence-electron chi connectivity index (χ0n) is 13.3. The van der Waals surface area contributed by atoms with Gasteiger partial charge in [-0.1, -0.05) is 35.6 Å². The number of nitrogens with one attached hydrogen (secondary N) is 2. The van der Waals surface area contributed by atoms with Crippen LogP contribution in [0.1, 0.15) is 5.56 Å². The van der Waals surface area contributed by atoms with Crippen molar-refractivity contribution in [2.24, 2.45) is 0 Å². The Bertz CT molecular complexity index is 945. The summed E-state index contributed by atoms with van der Waals surface area (Å²) < 4.78 is 1.20. The summed E-state index contributed by atoms with van der Waals surface area (Å²) in [5, 5.41) is 19.1. The molecule has 0 unspecified atom stereocenters. The Morgan fingerprint density at radius 1 is 0.960 bits per heavy atom.